The Labute approximate surface area is 208 Å². The number of aliphatic carboxylic acids is 1. The Bertz CT molecular complexity index is 939. The standard InChI is InChI=1S/C29H37NO5/c31-26-20-27(35-21-22-12-14-24(15-13-22)23-8-4-3-5-9-23)25(10-6-1-2-7-11-28(32)33)29(26)30-16-18-34-19-17-30/h1-5,8-9,12-15,25-27,29,31H,6-7,10-11,16-21H2,(H,32,33)/t25-,26-,27-,29+/m0/s1. The third-order valence-corrected chi connectivity index (χ3v) is 7.13. The van der Waals surface area contributed by atoms with Gasteiger partial charge in [0.1, 0.15) is 0 Å². The van der Waals surface area contributed by atoms with Crippen LogP contribution in [-0.4, -0.2) is 65.6 Å². The highest BCUT2D eigenvalue weighted by atomic mass is 16.5. The normalized spacial score (nSPS) is 25.3. The molecule has 2 aromatic carbocycles. The Morgan fingerprint density at radius 2 is 1.69 bits per heavy atom. The molecule has 1 saturated heterocycles. The zero-order valence-corrected chi connectivity index (χ0v) is 20.3. The third kappa shape index (κ3) is 7.24. The zero-order chi connectivity index (χ0) is 24.5. The number of nitrogens with zero attached hydrogens (tertiary/aromatic N) is 1. The van der Waals surface area contributed by atoms with Gasteiger partial charge in [-0.15, -0.1) is 0 Å². The molecule has 0 bridgehead atoms. The van der Waals surface area contributed by atoms with Crippen molar-refractivity contribution in [3.63, 3.8) is 0 Å². The first-order chi connectivity index (χ1) is 17.1. The van der Waals surface area contributed by atoms with Gasteiger partial charge in [-0.1, -0.05) is 66.7 Å². The molecule has 1 heterocycles. The minimum atomic E-state index is -0.772. The van der Waals surface area contributed by atoms with Gasteiger partial charge in [0.2, 0.25) is 0 Å². The summed E-state index contributed by atoms with van der Waals surface area (Å²) in [5, 5.41) is 19.8. The van der Waals surface area contributed by atoms with Gasteiger partial charge in [0, 0.05) is 37.9 Å². The number of benzene rings is 2. The molecule has 1 aliphatic heterocycles. The van der Waals surface area contributed by atoms with Crippen LogP contribution in [0.1, 0.15) is 37.7 Å². The predicted molar refractivity (Wildman–Crippen MR) is 136 cm³/mol. The molecule has 2 N–H and O–H groups in total. The number of hydrogen-bond donors (Lipinski definition) is 2. The van der Waals surface area contributed by atoms with Crippen LogP contribution in [0.3, 0.4) is 0 Å². The lowest BCUT2D eigenvalue weighted by atomic mass is 9.93. The molecule has 4 rings (SSSR count). The Morgan fingerprint density at radius 1 is 1.00 bits per heavy atom. The molecule has 188 valence electrons. The maximum atomic E-state index is 11.0. The lowest BCUT2D eigenvalue weighted by Crippen LogP contribution is -2.50. The fourth-order valence-corrected chi connectivity index (χ4v) is 5.35. The topological polar surface area (TPSA) is 79.2 Å². The summed E-state index contributed by atoms with van der Waals surface area (Å²) in [7, 11) is 0. The molecule has 0 aromatic heterocycles. The summed E-state index contributed by atoms with van der Waals surface area (Å²) in [5.74, 6) is -0.554. The molecule has 2 aromatic rings. The van der Waals surface area contributed by atoms with Crippen LogP contribution in [0.4, 0.5) is 0 Å². The zero-order valence-electron chi connectivity index (χ0n) is 20.3. The number of carboxylic acid groups (broad SMARTS) is 1. The lowest BCUT2D eigenvalue weighted by Gasteiger charge is -2.38. The number of hydrogen-bond acceptors (Lipinski definition) is 5. The van der Waals surface area contributed by atoms with Crippen LogP contribution in [0.5, 0.6) is 0 Å². The number of carboxylic acids is 1. The second-order valence-electron chi connectivity index (χ2n) is 9.50. The second kappa shape index (κ2) is 13.0. The van der Waals surface area contributed by atoms with Crippen LogP contribution in [0.25, 0.3) is 11.1 Å². The summed E-state index contributed by atoms with van der Waals surface area (Å²) in [6.07, 6.45) is 6.69. The van der Waals surface area contributed by atoms with E-state index in [1.807, 2.05) is 24.3 Å². The van der Waals surface area contributed by atoms with Crippen molar-refractivity contribution in [1.82, 2.24) is 4.90 Å². The van der Waals surface area contributed by atoms with Crippen molar-refractivity contribution in [3.05, 3.63) is 72.3 Å². The summed E-state index contributed by atoms with van der Waals surface area (Å²) in [4.78, 5) is 13.1. The van der Waals surface area contributed by atoms with Gasteiger partial charge in [0.05, 0.1) is 32.0 Å². The summed E-state index contributed by atoms with van der Waals surface area (Å²) in [5.41, 5.74) is 3.51. The molecule has 6 nitrogen and oxygen atoms in total. The van der Waals surface area contributed by atoms with Crippen molar-refractivity contribution < 1.29 is 24.5 Å². The first-order valence-electron chi connectivity index (χ1n) is 12.7. The molecule has 2 aliphatic rings. The van der Waals surface area contributed by atoms with Crippen molar-refractivity contribution in [2.45, 2.75) is 57.0 Å². The van der Waals surface area contributed by atoms with E-state index < -0.39 is 12.1 Å². The summed E-state index contributed by atoms with van der Waals surface area (Å²) in [6, 6.07) is 18.9. The van der Waals surface area contributed by atoms with Crippen molar-refractivity contribution in [2.75, 3.05) is 26.3 Å². The largest absolute Gasteiger partial charge is 0.481 e. The van der Waals surface area contributed by atoms with E-state index in [1.54, 1.807) is 0 Å². The van der Waals surface area contributed by atoms with E-state index >= 15 is 0 Å². The number of rotatable bonds is 11. The Morgan fingerprint density at radius 3 is 2.40 bits per heavy atom. The smallest absolute Gasteiger partial charge is 0.303 e. The number of morpholine rings is 1. The molecular weight excluding hydrogens is 442 g/mol. The minimum Gasteiger partial charge on any atom is -0.481 e. The first kappa shape index (κ1) is 25.6. The van der Waals surface area contributed by atoms with E-state index in [0.717, 1.165) is 31.5 Å². The van der Waals surface area contributed by atoms with E-state index in [1.165, 1.54) is 11.1 Å². The van der Waals surface area contributed by atoms with Crippen LogP contribution >= 0.6 is 0 Å². The third-order valence-electron chi connectivity index (χ3n) is 7.13. The van der Waals surface area contributed by atoms with E-state index in [-0.39, 0.29) is 24.5 Å². The van der Waals surface area contributed by atoms with Crippen molar-refractivity contribution in [1.29, 1.82) is 0 Å². The summed E-state index contributed by atoms with van der Waals surface area (Å²) < 4.78 is 12.0. The van der Waals surface area contributed by atoms with Gasteiger partial charge in [-0.2, -0.15) is 0 Å². The van der Waals surface area contributed by atoms with Crippen LogP contribution in [0.2, 0.25) is 0 Å². The Hall–Kier alpha value is -2.51. The maximum Gasteiger partial charge on any atom is 0.303 e. The van der Waals surface area contributed by atoms with E-state index in [4.69, 9.17) is 14.6 Å². The molecule has 0 unspecified atom stereocenters. The molecular formula is C29H37NO5. The molecule has 1 saturated carbocycles. The molecule has 1 aliphatic carbocycles. The highest BCUT2D eigenvalue weighted by Gasteiger charge is 2.45. The van der Waals surface area contributed by atoms with Gasteiger partial charge in [0.15, 0.2) is 0 Å². The van der Waals surface area contributed by atoms with Gasteiger partial charge in [-0.25, -0.2) is 0 Å². The van der Waals surface area contributed by atoms with Crippen LogP contribution in [0, 0.1) is 5.92 Å². The first-order valence-corrected chi connectivity index (χ1v) is 12.7. The summed E-state index contributed by atoms with van der Waals surface area (Å²) >= 11 is 0. The van der Waals surface area contributed by atoms with Crippen LogP contribution < -0.4 is 0 Å². The highest BCUT2D eigenvalue weighted by molar-refractivity contribution is 5.66. The average Bonchev–Trinajstić information content (AvgIpc) is 3.20. The number of allylic oxidation sites excluding steroid dienone is 2. The van der Waals surface area contributed by atoms with Gasteiger partial charge in [-0.3, -0.25) is 9.69 Å². The van der Waals surface area contributed by atoms with Gasteiger partial charge < -0.3 is 19.7 Å². The number of aliphatic hydroxyl groups excluding tert-OH is 1. The number of carbonyl (C=O) groups is 1. The van der Waals surface area contributed by atoms with Gasteiger partial charge >= 0.3 is 5.97 Å². The number of aliphatic hydroxyl groups is 1. The average molecular weight is 480 g/mol. The number of ether oxygens (including phenoxy) is 2. The van der Waals surface area contributed by atoms with Crippen LogP contribution in [-0.2, 0) is 20.9 Å². The van der Waals surface area contributed by atoms with E-state index in [0.29, 0.717) is 32.7 Å². The molecule has 0 amide bonds. The van der Waals surface area contributed by atoms with Crippen molar-refractivity contribution in [3.8, 4) is 11.1 Å². The molecule has 4 atom stereocenters. The Kier molecular flexibility index (Phi) is 9.49. The highest BCUT2D eigenvalue weighted by Crippen LogP contribution is 2.37. The van der Waals surface area contributed by atoms with Gasteiger partial charge in [0.25, 0.3) is 0 Å². The maximum absolute atomic E-state index is 11.0. The molecule has 35 heavy (non-hydrogen) atoms. The quantitative estimate of drug-likeness (QED) is 0.462. The second-order valence-corrected chi connectivity index (χ2v) is 9.50. The SMILES string of the molecule is O=C(O)CCC=CCC[C@@H]1[C@@H](N2CCOCC2)[C@@H](O)C[C@@H]1OCc1ccc(-c2ccccc2)cc1. The molecule has 6 heteroatoms. The summed E-state index contributed by atoms with van der Waals surface area (Å²) in [6.45, 7) is 3.59. The monoisotopic (exact) mass is 479 g/mol. The van der Waals surface area contributed by atoms with Crippen molar-refractivity contribution in [2.24, 2.45) is 5.92 Å². The van der Waals surface area contributed by atoms with Gasteiger partial charge in [-0.05, 0) is 36.0 Å². The lowest BCUT2D eigenvalue weighted by molar-refractivity contribution is -0.136. The van der Waals surface area contributed by atoms with Crippen LogP contribution in [0.15, 0.2) is 66.7 Å². The molecule has 0 spiro atoms. The molecule has 0 radical (unpaired) electrons. The Balaban J connectivity index is 1.37. The fourth-order valence-electron chi connectivity index (χ4n) is 5.35. The fraction of sp³-hybridized carbons (Fsp3) is 0.483. The van der Waals surface area contributed by atoms with E-state index in [2.05, 4.69) is 47.4 Å². The van der Waals surface area contributed by atoms with Crippen molar-refractivity contribution >= 4 is 5.97 Å². The molecule has 2 fully saturated rings. The minimum absolute atomic E-state index is 0.0148. The van der Waals surface area contributed by atoms with E-state index in [9.17, 15) is 9.90 Å². The predicted octanol–water partition coefficient (Wildman–Crippen LogP) is 4.52.